The summed E-state index contributed by atoms with van der Waals surface area (Å²) in [6.45, 7) is 2.44. The van der Waals surface area contributed by atoms with E-state index in [4.69, 9.17) is 0 Å². The predicted molar refractivity (Wildman–Crippen MR) is 154 cm³/mol. The lowest BCUT2D eigenvalue weighted by atomic mass is 10.0. The third kappa shape index (κ3) is 4.49. The first-order chi connectivity index (χ1) is 19.2. The molecule has 40 heavy (non-hydrogen) atoms. The quantitative estimate of drug-likeness (QED) is 0.257. The lowest BCUT2D eigenvalue weighted by molar-refractivity contribution is 0.0551. The lowest BCUT2D eigenvalue weighted by Gasteiger charge is -2.31. The molecule has 3 amide bonds. The van der Waals surface area contributed by atoms with Gasteiger partial charge in [0.15, 0.2) is 0 Å². The molecule has 0 spiro atoms. The minimum atomic E-state index is -0.648. The number of halogens is 2. The Morgan fingerprint density at radius 1 is 1.12 bits per heavy atom. The van der Waals surface area contributed by atoms with Crippen molar-refractivity contribution in [3.8, 4) is 11.3 Å². The van der Waals surface area contributed by atoms with Gasteiger partial charge in [0.2, 0.25) is 0 Å². The van der Waals surface area contributed by atoms with Gasteiger partial charge in [-0.25, -0.2) is 4.39 Å². The van der Waals surface area contributed by atoms with Crippen molar-refractivity contribution in [2.75, 3.05) is 13.6 Å². The number of carbonyl (C=O) groups excluding carboxylic acids is 3. The number of fused-ring (bicyclic) bond motifs is 4. The van der Waals surface area contributed by atoms with E-state index in [1.165, 1.54) is 16.2 Å². The fraction of sp³-hybridized carbons (Fsp3) is 0.267. The summed E-state index contributed by atoms with van der Waals surface area (Å²) >= 11 is 5.05. The molecule has 2 aliphatic rings. The van der Waals surface area contributed by atoms with Crippen molar-refractivity contribution < 1.29 is 18.8 Å². The Balaban J connectivity index is 1.34. The number of hydrogen-bond acceptors (Lipinski definition) is 5. The zero-order valence-electron chi connectivity index (χ0n) is 22.0. The Morgan fingerprint density at radius 2 is 1.85 bits per heavy atom. The monoisotopic (exact) mass is 620 g/mol. The SMILES string of the molecule is Cc1cccc(CC(CN2C(=O)c3ccccc3C2=O)N(C)C(=O)c2cc3c(s2)CCCn2ncc(Br)c2-3)c1F. The number of thiophene rings is 1. The highest BCUT2D eigenvalue weighted by atomic mass is 79.9. The van der Waals surface area contributed by atoms with Gasteiger partial charge in [-0.15, -0.1) is 11.3 Å². The Labute approximate surface area is 243 Å². The van der Waals surface area contributed by atoms with Crippen LogP contribution in [0.25, 0.3) is 11.3 Å². The first-order valence-corrected chi connectivity index (χ1v) is 14.7. The van der Waals surface area contributed by atoms with E-state index >= 15 is 4.39 Å². The molecule has 4 aromatic rings. The van der Waals surface area contributed by atoms with Crippen LogP contribution in [0.1, 0.15) is 52.8 Å². The Kier molecular flexibility index (Phi) is 6.92. The number of benzene rings is 2. The van der Waals surface area contributed by atoms with E-state index in [0.717, 1.165) is 40.0 Å². The molecule has 0 saturated carbocycles. The van der Waals surface area contributed by atoms with Crippen LogP contribution in [0.2, 0.25) is 0 Å². The minimum absolute atomic E-state index is 0.0502. The van der Waals surface area contributed by atoms with Crippen LogP contribution >= 0.6 is 27.3 Å². The van der Waals surface area contributed by atoms with Crippen LogP contribution in [0.5, 0.6) is 0 Å². The molecule has 0 saturated heterocycles. The van der Waals surface area contributed by atoms with Crippen molar-refractivity contribution in [1.29, 1.82) is 0 Å². The van der Waals surface area contributed by atoms with Crippen LogP contribution in [-0.4, -0.2) is 56.9 Å². The summed E-state index contributed by atoms with van der Waals surface area (Å²) in [4.78, 5) is 44.7. The second kappa shape index (κ2) is 10.4. The molecule has 2 aromatic carbocycles. The molecule has 2 aromatic heterocycles. The molecule has 0 aliphatic carbocycles. The summed E-state index contributed by atoms with van der Waals surface area (Å²) in [6, 6.07) is 13.1. The lowest BCUT2D eigenvalue weighted by Crippen LogP contribution is -2.47. The number of rotatable bonds is 6. The highest BCUT2D eigenvalue weighted by molar-refractivity contribution is 9.10. The van der Waals surface area contributed by atoms with Gasteiger partial charge in [0.25, 0.3) is 17.7 Å². The summed E-state index contributed by atoms with van der Waals surface area (Å²) in [7, 11) is 1.66. The first kappa shape index (κ1) is 26.6. The van der Waals surface area contributed by atoms with E-state index in [2.05, 4.69) is 21.0 Å². The Morgan fingerprint density at radius 3 is 2.58 bits per heavy atom. The molecular weight excluding hydrogens is 595 g/mol. The van der Waals surface area contributed by atoms with E-state index < -0.39 is 17.9 Å². The second-order valence-corrected chi connectivity index (χ2v) is 12.2. The zero-order chi connectivity index (χ0) is 28.1. The number of likely N-dealkylation sites (N-methyl/N-ethyl adjacent to an activating group) is 1. The molecule has 0 N–H and O–H groups in total. The van der Waals surface area contributed by atoms with E-state index in [-0.39, 0.29) is 24.7 Å². The van der Waals surface area contributed by atoms with Gasteiger partial charge in [-0.3, -0.25) is 24.0 Å². The number of hydrogen-bond donors (Lipinski definition) is 0. The van der Waals surface area contributed by atoms with Gasteiger partial charge < -0.3 is 4.90 Å². The third-order valence-corrected chi connectivity index (χ3v) is 9.47. The van der Waals surface area contributed by atoms with Crippen LogP contribution in [0, 0.1) is 12.7 Å². The fourth-order valence-electron chi connectivity index (χ4n) is 5.51. The molecule has 0 fully saturated rings. The summed E-state index contributed by atoms with van der Waals surface area (Å²) < 4.78 is 17.9. The van der Waals surface area contributed by atoms with Gasteiger partial charge in [0, 0.05) is 24.0 Å². The molecule has 1 atom stereocenters. The molecule has 0 bridgehead atoms. The van der Waals surface area contributed by atoms with Crippen LogP contribution in [0.4, 0.5) is 4.39 Å². The average Bonchev–Trinajstić information content (AvgIpc) is 3.56. The molecule has 6 rings (SSSR count). The maximum atomic E-state index is 15.1. The van der Waals surface area contributed by atoms with Gasteiger partial charge in [-0.05, 0) is 71.4 Å². The number of carbonyl (C=O) groups is 3. The smallest absolute Gasteiger partial charge is 0.264 e. The molecule has 204 valence electrons. The summed E-state index contributed by atoms with van der Waals surface area (Å²) in [5, 5.41) is 4.46. The number of aryl methyl sites for hydroxylation is 3. The van der Waals surface area contributed by atoms with E-state index in [1.54, 1.807) is 67.5 Å². The van der Waals surface area contributed by atoms with Crippen molar-refractivity contribution >= 4 is 45.0 Å². The van der Waals surface area contributed by atoms with Gasteiger partial charge in [-0.2, -0.15) is 5.10 Å². The van der Waals surface area contributed by atoms with Crippen LogP contribution in [-0.2, 0) is 19.4 Å². The maximum Gasteiger partial charge on any atom is 0.264 e. The zero-order valence-corrected chi connectivity index (χ0v) is 24.4. The molecule has 7 nitrogen and oxygen atoms in total. The minimum Gasteiger partial charge on any atom is -0.336 e. The molecule has 4 heterocycles. The average molecular weight is 622 g/mol. The summed E-state index contributed by atoms with van der Waals surface area (Å²) in [5.41, 5.74) is 3.53. The molecule has 1 unspecified atom stereocenters. The normalized spacial score (nSPS) is 14.9. The van der Waals surface area contributed by atoms with E-state index in [0.29, 0.717) is 27.1 Å². The van der Waals surface area contributed by atoms with Crippen LogP contribution in [0.15, 0.2) is 59.2 Å². The maximum absolute atomic E-state index is 15.1. The topological polar surface area (TPSA) is 75.5 Å². The number of amides is 3. The summed E-state index contributed by atoms with van der Waals surface area (Å²) in [5.74, 6) is -1.40. The van der Waals surface area contributed by atoms with E-state index in [1.807, 2.05) is 10.7 Å². The number of nitrogens with zero attached hydrogens (tertiary/aromatic N) is 4. The predicted octanol–water partition coefficient (Wildman–Crippen LogP) is 5.75. The van der Waals surface area contributed by atoms with Crippen molar-refractivity contribution in [3.63, 3.8) is 0 Å². The molecule has 10 heteroatoms. The van der Waals surface area contributed by atoms with Crippen molar-refractivity contribution in [1.82, 2.24) is 19.6 Å². The highest BCUT2D eigenvalue weighted by Gasteiger charge is 2.38. The van der Waals surface area contributed by atoms with Crippen molar-refractivity contribution in [3.05, 3.63) is 97.0 Å². The third-order valence-electron chi connectivity index (χ3n) is 7.71. The Hall–Kier alpha value is -3.63. The first-order valence-electron chi connectivity index (χ1n) is 13.1. The molecule has 0 radical (unpaired) electrons. The van der Waals surface area contributed by atoms with E-state index in [9.17, 15) is 14.4 Å². The Bertz CT molecular complexity index is 1640. The van der Waals surface area contributed by atoms with Crippen LogP contribution in [0.3, 0.4) is 0 Å². The largest absolute Gasteiger partial charge is 0.336 e. The standard InChI is InChI=1S/C30H26BrFN4O3S/c1-17-7-5-8-18(26(17)32)13-19(16-35-28(37)20-9-3-4-10-21(20)29(35)38)34(2)30(39)25-14-22-24(40-25)11-6-12-36-27(22)23(31)15-33-36/h3-5,7-10,14-15,19H,6,11-13,16H2,1-2H3. The van der Waals surface area contributed by atoms with Gasteiger partial charge >= 0.3 is 0 Å². The van der Waals surface area contributed by atoms with Gasteiger partial charge in [-0.1, -0.05) is 30.3 Å². The van der Waals surface area contributed by atoms with Gasteiger partial charge in [0.1, 0.15) is 5.82 Å². The van der Waals surface area contributed by atoms with Gasteiger partial charge in [0.05, 0.1) is 45.0 Å². The van der Waals surface area contributed by atoms with Crippen molar-refractivity contribution in [2.24, 2.45) is 0 Å². The second-order valence-electron chi connectivity index (χ2n) is 10.2. The molecule has 2 aliphatic heterocycles. The van der Waals surface area contributed by atoms with Crippen molar-refractivity contribution in [2.45, 2.75) is 38.8 Å². The summed E-state index contributed by atoms with van der Waals surface area (Å²) in [6.07, 6.45) is 3.66. The number of imide groups is 1. The number of aromatic nitrogens is 2. The molecular formula is C30H26BrFN4O3S. The van der Waals surface area contributed by atoms with Crippen LogP contribution < -0.4 is 0 Å². The fourth-order valence-corrected chi connectivity index (χ4v) is 7.20. The highest BCUT2D eigenvalue weighted by Crippen LogP contribution is 2.39.